The van der Waals surface area contributed by atoms with Crippen LogP contribution in [0.25, 0.3) is 0 Å². The molecule has 0 fully saturated rings. The molecular weight excluding hydrogens is 326 g/mol. The van der Waals surface area contributed by atoms with Crippen LogP contribution < -0.4 is 0 Å². The molecule has 0 bridgehead atoms. The summed E-state index contributed by atoms with van der Waals surface area (Å²) in [4.78, 5) is 20.9. The van der Waals surface area contributed by atoms with Crippen molar-refractivity contribution in [3.05, 3.63) is 70.5 Å². The lowest BCUT2D eigenvalue weighted by atomic mass is 10.1. The number of hydrogen-bond acceptors (Lipinski definition) is 3. The van der Waals surface area contributed by atoms with Crippen molar-refractivity contribution in [2.45, 2.75) is 71.1 Å². The second kappa shape index (κ2) is 19.1. The molecule has 0 saturated heterocycles. The molecule has 0 aromatic carbocycles. The van der Waals surface area contributed by atoms with E-state index in [-0.39, 0.29) is 10.6 Å². The van der Waals surface area contributed by atoms with Gasteiger partial charge in [-0.2, -0.15) is 0 Å². The first-order valence-corrected chi connectivity index (χ1v) is 9.59. The van der Waals surface area contributed by atoms with Gasteiger partial charge in [-0.05, 0) is 51.0 Å². The summed E-state index contributed by atoms with van der Waals surface area (Å²) in [6.45, 7) is 2.09. The fourth-order valence-corrected chi connectivity index (χ4v) is 2.23. The highest BCUT2D eigenvalue weighted by Crippen LogP contribution is 2.07. The predicted molar refractivity (Wildman–Crippen MR) is 110 cm³/mol. The standard InChI is InChI=1S/C22H33NO3/c1-2-3-4-5-10-13-16-19-22(23(25)26)20-17-14-11-8-6-7-9-12-15-18-21-24/h3-4,6,8,10,13-14,17,19,21H,2,5,7,9,11-12,15-16,18,20H2,1H3/b4-3+,8-6+,13-10+,17-14+,22-19-. The molecule has 0 unspecified atom stereocenters. The van der Waals surface area contributed by atoms with Gasteiger partial charge < -0.3 is 4.79 Å². The maximum atomic E-state index is 11.1. The second-order valence-electron chi connectivity index (χ2n) is 5.96. The van der Waals surface area contributed by atoms with Crippen LogP contribution >= 0.6 is 0 Å². The summed E-state index contributed by atoms with van der Waals surface area (Å²) in [5.41, 5.74) is 0.245. The Morgan fingerprint density at radius 2 is 1.42 bits per heavy atom. The highest BCUT2D eigenvalue weighted by Gasteiger charge is 2.06. The molecule has 0 aliphatic carbocycles. The number of aldehydes is 1. The van der Waals surface area contributed by atoms with E-state index in [0.717, 1.165) is 51.2 Å². The Labute approximate surface area is 158 Å². The molecule has 0 rings (SSSR count). The quantitative estimate of drug-likeness (QED) is 0.104. The average molecular weight is 360 g/mol. The van der Waals surface area contributed by atoms with Crippen molar-refractivity contribution in [2.75, 3.05) is 0 Å². The molecule has 0 amide bonds. The van der Waals surface area contributed by atoms with Crippen molar-refractivity contribution in [2.24, 2.45) is 0 Å². The van der Waals surface area contributed by atoms with Crippen molar-refractivity contribution in [3.8, 4) is 0 Å². The van der Waals surface area contributed by atoms with E-state index >= 15 is 0 Å². The van der Waals surface area contributed by atoms with Crippen LogP contribution in [-0.4, -0.2) is 11.2 Å². The normalized spacial score (nSPS) is 12.9. The fourth-order valence-electron chi connectivity index (χ4n) is 2.23. The van der Waals surface area contributed by atoms with E-state index in [1.54, 1.807) is 6.08 Å². The molecule has 0 atom stereocenters. The molecular formula is C22H33NO3. The minimum Gasteiger partial charge on any atom is -0.303 e. The summed E-state index contributed by atoms with van der Waals surface area (Å²) < 4.78 is 0. The average Bonchev–Trinajstić information content (AvgIpc) is 2.63. The molecule has 0 N–H and O–H groups in total. The molecule has 4 heteroatoms. The molecule has 0 aliphatic heterocycles. The molecule has 0 aliphatic rings. The summed E-state index contributed by atoms with van der Waals surface area (Å²) in [5.74, 6) is 0. The van der Waals surface area contributed by atoms with Crippen LogP contribution in [0.3, 0.4) is 0 Å². The molecule has 0 radical (unpaired) electrons. The molecule has 0 heterocycles. The van der Waals surface area contributed by atoms with Crippen LogP contribution in [0.5, 0.6) is 0 Å². The lowest BCUT2D eigenvalue weighted by molar-refractivity contribution is -0.427. The minimum atomic E-state index is -0.301. The lowest BCUT2D eigenvalue weighted by Gasteiger charge is -1.94. The first-order chi connectivity index (χ1) is 12.7. The Bertz CT molecular complexity index is 513. The van der Waals surface area contributed by atoms with Gasteiger partial charge in [0.15, 0.2) is 0 Å². The Kier molecular flexibility index (Phi) is 17.5. The van der Waals surface area contributed by atoms with Crippen molar-refractivity contribution in [3.63, 3.8) is 0 Å². The first-order valence-electron chi connectivity index (χ1n) is 9.59. The van der Waals surface area contributed by atoms with Gasteiger partial charge in [0, 0.05) is 6.42 Å². The maximum Gasteiger partial charge on any atom is 0.246 e. The van der Waals surface area contributed by atoms with E-state index in [1.807, 2.05) is 24.3 Å². The SMILES string of the molecule is CC/C=C/C/C=C/C/C=C(/C/C=C/C/C=C/CCCCCC=O)[N+](=O)[O-]. The largest absolute Gasteiger partial charge is 0.303 e. The Morgan fingerprint density at radius 3 is 2.12 bits per heavy atom. The third-order valence-electron chi connectivity index (χ3n) is 3.69. The Balaban J connectivity index is 3.99. The van der Waals surface area contributed by atoms with Crippen LogP contribution in [0.4, 0.5) is 0 Å². The van der Waals surface area contributed by atoms with E-state index in [0.29, 0.717) is 19.3 Å². The second-order valence-corrected chi connectivity index (χ2v) is 5.96. The van der Waals surface area contributed by atoms with Gasteiger partial charge in [-0.25, -0.2) is 0 Å². The highest BCUT2D eigenvalue weighted by atomic mass is 16.6. The van der Waals surface area contributed by atoms with Gasteiger partial charge in [0.2, 0.25) is 5.70 Å². The van der Waals surface area contributed by atoms with Gasteiger partial charge in [0.05, 0.1) is 11.3 Å². The van der Waals surface area contributed by atoms with Gasteiger partial charge in [0.1, 0.15) is 6.29 Å². The molecule has 0 aromatic rings. The highest BCUT2D eigenvalue weighted by molar-refractivity contribution is 5.48. The monoisotopic (exact) mass is 359 g/mol. The lowest BCUT2D eigenvalue weighted by Crippen LogP contribution is -1.97. The van der Waals surface area contributed by atoms with Gasteiger partial charge in [0.25, 0.3) is 0 Å². The van der Waals surface area contributed by atoms with Crippen molar-refractivity contribution < 1.29 is 9.72 Å². The van der Waals surface area contributed by atoms with Crippen molar-refractivity contribution in [1.29, 1.82) is 0 Å². The fraction of sp³-hybridized carbons (Fsp3) is 0.500. The van der Waals surface area contributed by atoms with E-state index in [1.165, 1.54) is 0 Å². The maximum absolute atomic E-state index is 11.1. The van der Waals surface area contributed by atoms with Crippen LogP contribution in [0.15, 0.2) is 60.4 Å². The molecule has 144 valence electrons. The zero-order chi connectivity index (χ0) is 19.3. The number of allylic oxidation sites excluding steroid dienone is 9. The third-order valence-corrected chi connectivity index (χ3v) is 3.69. The summed E-state index contributed by atoms with van der Waals surface area (Å²) >= 11 is 0. The summed E-state index contributed by atoms with van der Waals surface area (Å²) in [5, 5.41) is 11.1. The van der Waals surface area contributed by atoms with Crippen LogP contribution in [-0.2, 0) is 4.79 Å². The molecule has 26 heavy (non-hydrogen) atoms. The number of carbonyl (C=O) groups is 1. The summed E-state index contributed by atoms with van der Waals surface area (Å²) in [6, 6.07) is 0. The smallest absolute Gasteiger partial charge is 0.246 e. The van der Waals surface area contributed by atoms with Crippen LogP contribution in [0.2, 0.25) is 0 Å². The van der Waals surface area contributed by atoms with Gasteiger partial charge in [-0.1, -0.05) is 62.0 Å². The number of rotatable bonds is 16. The predicted octanol–water partition coefficient (Wildman–Crippen LogP) is 6.49. The number of unbranched alkanes of at least 4 members (excludes halogenated alkanes) is 4. The van der Waals surface area contributed by atoms with E-state index < -0.39 is 0 Å². The van der Waals surface area contributed by atoms with Gasteiger partial charge in [-0.3, -0.25) is 10.1 Å². The first kappa shape index (κ1) is 23.8. The van der Waals surface area contributed by atoms with E-state index in [2.05, 4.69) is 31.2 Å². The van der Waals surface area contributed by atoms with Crippen LogP contribution in [0.1, 0.15) is 71.1 Å². The third kappa shape index (κ3) is 16.6. The van der Waals surface area contributed by atoms with Gasteiger partial charge >= 0.3 is 0 Å². The summed E-state index contributed by atoms with van der Waals surface area (Å²) in [6.07, 6.45) is 27.4. The zero-order valence-corrected chi connectivity index (χ0v) is 16.0. The molecule has 0 aromatic heterocycles. The molecule has 4 nitrogen and oxygen atoms in total. The number of hydrogen-bond donors (Lipinski definition) is 0. The van der Waals surface area contributed by atoms with Crippen molar-refractivity contribution in [1.82, 2.24) is 0 Å². The molecule has 0 saturated carbocycles. The summed E-state index contributed by atoms with van der Waals surface area (Å²) in [7, 11) is 0. The van der Waals surface area contributed by atoms with E-state index in [4.69, 9.17) is 0 Å². The van der Waals surface area contributed by atoms with Crippen LogP contribution in [0, 0.1) is 10.1 Å². The minimum absolute atomic E-state index is 0.245. The number of nitrogens with zero attached hydrogens (tertiary/aromatic N) is 1. The van der Waals surface area contributed by atoms with Gasteiger partial charge in [-0.15, -0.1) is 0 Å². The zero-order valence-electron chi connectivity index (χ0n) is 16.0. The Hall–Kier alpha value is -2.23. The van der Waals surface area contributed by atoms with Crippen molar-refractivity contribution >= 4 is 6.29 Å². The number of nitro groups is 1. The molecule has 0 spiro atoms. The number of carbonyl (C=O) groups excluding carboxylic acids is 1. The topological polar surface area (TPSA) is 60.2 Å². The van der Waals surface area contributed by atoms with E-state index in [9.17, 15) is 14.9 Å². The Morgan fingerprint density at radius 1 is 0.808 bits per heavy atom.